The Morgan fingerprint density at radius 3 is 2.50 bits per heavy atom. The smallest absolute Gasteiger partial charge is 0.209 e. The van der Waals surface area contributed by atoms with E-state index in [1.165, 1.54) is 0 Å². The molecule has 0 aliphatic rings. The second-order valence-corrected chi connectivity index (χ2v) is 1.57. The summed E-state index contributed by atoms with van der Waals surface area (Å²) >= 11 is 0. The molecule has 0 heterocycles. The van der Waals surface area contributed by atoms with Crippen LogP contribution in [0.4, 0.5) is 0 Å². The van der Waals surface area contributed by atoms with Gasteiger partial charge in [0.15, 0.2) is 5.96 Å². The molecule has 0 aliphatic carbocycles. The lowest BCUT2D eigenvalue weighted by Crippen LogP contribution is -2.48. The van der Waals surface area contributed by atoms with Gasteiger partial charge in [-0.2, -0.15) is 0 Å². The summed E-state index contributed by atoms with van der Waals surface area (Å²) in [6.07, 6.45) is 0. The summed E-state index contributed by atoms with van der Waals surface area (Å²) in [5.74, 6) is -0.287. The Balaban J connectivity index is 3.35. The second-order valence-electron chi connectivity index (χ2n) is 1.57. The molecule has 0 saturated heterocycles. The van der Waals surface area contributed by atoms with Crippen molar-refractivity contribution < 1.29 is 0 Å². The van der Waals surface area contributed by atoms with Crippen LogP contribution >= 0.6 is 0 Å². The predicted octanol–water partition coefficient (Wildman–Crippen LogP) is -1.48. The summed E-state index contributed by atoms with van der Waals surface area (Å²) < 4.78 is 0. The van der Waals surface area contributed by atoms with Gasteiger partial charge in [0.05, 0.1) is 0 Å². The number of hydrogen-bond acceptors (Lipinski definition) is 3. The van der Waals surface area contributed by atoms with Crippen molar-refractivity contribution in [2.24, 2.45) is 5.73 Å². The van der Waals surface area contributed by atoms with Gasteiger partial charge in [0.2, 0.25) is 5.96 Å². The number of hydrazine groups is 1. The zero-order chi connectivity index (χ0) is 7.98. The Hall–Kier alpha value is -1.30. The van der Waals surface area contributed by atoms with Gasteiger partial charge in [-0.25, -0.2) is 5.43 Å². The van der Waals surface area contributed by atoms with Crippen molar-refractivity contribution >= 4 is 11.9 Å². The van der Waals surface area contributed by atoms with Crippen LogP contribution in [0.25, 0.3) is 0 Å². The number of guanidine groups is 2. The highest BCUT2D eigenvalue weighted by atomic mass is 15.4. The van der Waals surface area contributed by atoms with Gasteiger partial charge in [-0.3, -0.25) is 21.6 Å². The summed E-state index contributed by atoms with van der Waals surface area (Å²) in [6.45, 7) is 2.58. The zero-order valence-electron chi connectivity index (χ0n) is 5.78. The fourth-order valence-electron chi connectivity index (χ4n) is 0.343. The summed E-state index contributed by atoms with van der Waals surface area (Å²) in [6, 6.07) is 0. The molecule has 0 aromatic rings. The third kappa shape index (κ3) is 4.85. The van der Waals surface area contributed by atoms with Crippen molar-refractivity contribution in [2.45, 2.75) is 6.92 Å². The topological polar surface area (TPSA) is 110 Å². The molecule has 0 rings (SSSR count). The number of hydrogen-bond donors (Lipinski definition) is 6. The Bertz CT molecular complexity index is 130. The lowest BCUT2D eigenvalue weighted by Gasteiger charge is -2.07. The van der Waals surface area contributed by atoms with E-state index in [-0.39, 0.29) is 11.9 Å². The Morgan fingerprint density at radius 1 is 1.50 bits per heavy atom. The molecule has 0 unspecified atom stereocenters. The standard InChI is InChI=1S/C4H12N6/c1-2-8-10-4(7)9-3(5)6/h8H,2H2,1H3,(H6,5,6,7,9,10). The summed E-state index contributed by atoms with van der Waals surface area (Å²) in [5, 5.41) is 16.0. The van der Waals surface area contributed by atoms with E-state index in [2.05, 4.69) is 16.2 Å². The van der Waals surface area contributed by atoms with Gasteiger partial charge in [0.25, 0.3) is 0 Å². The fraction of sp³-hybridized carbons (Fsp3) is 0.500. The van der Waals surface area contributed by atoms with E-state index in [9.17, 15) is 0 Å². The average molecular weight is 144 g/mol. The molecule has 0 fully saturated rings. The van der Waals surface area contributed by atoms with Gasteiger partial charge < -0.3 is 5.73 Å². The van der Waals surface area contributed by atoms with Gasteiger partial charge in [-0.15, -0.1) is 0 Å². The molecule has 0 aliphatic heterocycles. The minimum absolute atomic E-state index is 0.0330. The van der Waals surface area contributed by atoms with Gasteiger partial charge >= 0.3 is 0 Å². The molecule has 6 heteroatoms. The maximum atomic E-state index is 7.02. The Morgan fingerprint density at radius 2 is 2.10 bits per heavy atom. The molecule has 0 radical (unpaired) electrons. The predicted molar refractivity (Wildman–Crippen MR) is 39.6 cm³/mol. The van der Waals surface area contributed by atoms with Gasteiger partial charge in [0.1, 0.15) is 0 Å². The quantitative estimate of drug-likeness (QED) is 0.161. The minimum atomic E-state index is -0.254. The normalized spacial score (nSPS) is 8.50. The van der Waals surface area contributed by atoms with Crippen molar-refractivity contribution in [3.05, 3.63) is 0 Å². The molecular formula is C4H12N6. The van der Waals surface area contributed by atoms with E-state index in [0.29, 0.717) is 6.54 Å². The average Bonchev–Trinajstić information content (AvgIpc) is 1.82. The largest absolute Gasteiger partial charge is 0.370 e. The van der Waals surface area contributed by atoms with Gasteiger partial charge in [-0.1, -0.05) is 6.92 Å². The third-order valence-electron chi connectivity index (χ3n) is 0.650. The van der Waals surface area contributed by atoms with Crippen molar-refractivity contribution in [1.29, 1.82) is 10.8 Å². The van der Waals surface area contributed by atoms with Crippen LogP contribution in [0.5, 0.6) is 0 Å². The van der Waals surface area contributed by atoms with Crippen LogP contribution in [0, 0.1) is 10.8 Å². The van der Waals surface area contributed by atoms with E-state index < -0.39 is 0 Å². The first-order valence-corrected chi connectivity index (χ1v) is 2.85. The van der Waals surface area contributed by atoms with E-state index in [0.717, 1.165) is 0 Å². The fourth-order valence-corrected chi connectivity index (χ4v) is 0.343. The van der Waals surface area contributed by atoms with Crippen molar-refractivity contribution in [1.82, 2.24) is 16.2 Å². The first-order chi connectivity index (χ1) is 4.66. The number of nitrogens with one attached hydrogen (secondary N) is 5. The first kappa shape index (κ1) is 8.70. The number of nitrogens with two attached hydrogens (primary N) is 1. The summed E-state index contributed by atoms with van der Waals surface area (Å²) in [5.41, 5.74) is 10.1. The van der Waals surface area contributed by atoms with Crippen molar-refractivity contribution in [3.8, 4) is 0 Å². The third-order valence-corrected chi connectivity index (χ3v) is 0.650. The second kappa shape index (κ2) is 4.57. The van der Waals surface area contributed by atoms with Crippen molar-refractivity contribution in [3.63, 3.8) is 0 Å². The first-order valence-electron chi connectivity index (χ1n) is 2.85. The van der Waals surface area contributed by atoms with E-state index in [1.807, 2.05) is 6.92 Å². The highest BCUT2D eigenvalue weighted by Crippen LogP contribution is 1.54. The van der Waals surface area contributed by atoms with Crippen LogP contribution in [0.2, 0.25) is 0 Å². The summed E-state index contributed by atoms with van der Waals surface area (Å²) in [4.78, 5) is 0. The zero-order valence-corrected chi connectivity index (χ0v) is 5.78. The molecule has 0 saturated carbocycles. The molecule has 0 bridgehead atoms. The van der Waals surface area contributed by atoms with Crippen LogP contribution in [-0.2, 0) is 0 Å². The highest BCUT2D eigenvalue weighted by Gasteiger charge is 1.91. The lowest BCUT2D eigenvalue weighted by atomic mass is 10.8. The summed E-state index contributed by atoms with van der Waals surface area (Å²) in [7, 11) is 0. The van der Waals surface area contributed by atoms with Gasteiger partial charge in [-0.05, 0) is 0 Å². The Labute approximate surface area is 59.2 Å². The Kier molecular flexibility index (Phi) is 3.97. The molecule has 0 spiro atoms. The van der Waals surface area contributed by atoms with E-state index in [1.54, 1.807) is 0 Å². The van der Waals surface area contributed by atoms with Crippen LogP contribution < -0.4 is 21.9 Å². The molecule has 0 aromatic heterocycles. The van der Waals surface area contributed by atoms with Crippen LogP contribution in [0.3, 0.4) is 0 Å². The van der Waals surface area contributed by atoms with Crippen molar-refractivity contribution in [2.75, 3.05) is 6.54 Å². The molecule has 6 nitrogen and oxygen atoms in total. The number of rotatable bonds is 2. The van der Waals surface area contributed by atoms with E-state index >= 15 is 0 Å². The van der Waals surface area contributed by atoms with Crippen LogP contribution in [-0.4, -0.2) is 18.5 Å². The molecule has 0 amide bonds. The molecule has 0 aromatic carbocycles. The maximum absolute atomic E-state index is 7.02. The molecule has 0 atom stereocenters. The SMILES string of the molecule is CCNNC(=N)NC(=N)N. The highest BCUT2D eigenvalue weighted by molar-refractivity contribution is 5.94. The molecule has 58 valence electrons. The molecule has 7 N–H and O–H groups in total. The van der Waals surface area contributed by atoms with Crippen LogP contribution in [0.15, 0.2) is 0 Å². The maximum Gasteiger partial charge on any atom is 0.209 e. The monoisotopic (exact) mass is 144 g/mol. The van der Waals surface area contributed by atoms with Gasteiger partial charge in [0, 0.05) is 6.54 Å². The van der Waals surface area contributed by atoms with E-state index in [4.69, 9.17) is 16.6 Å². The molecule has 10 heavy (non-hydrogen) atoms. The van der Waals surface area contributed by atoms with Crippen LogP contribution in [0.1, 0.15) is 6.92 Å². The lowest BCUT2D eigenvalue weighted by molar-refractivity contribution is 0.671. The minimum Gasteiger partial charge on any atom is -0.370 e. The molecular weight excluding hydrogens is 132 g/mol.